The van der Waals surface area contributed by atoms with Gasteiger partial charge in [0.2, 0.25) is 0 Å². The molecule has 1 saturated heterocycles. The first-order valence-electron chi connectivity index (χ1n) is 4.26. The molecule has 0 bridgehead atoms. The van der Waals surface area contributed by atoms with Gasteiger partial charge in [0.1, 0.15) is 0 Å². The molecule has 0 aromatic heterocycles. The molecular weight excluding hydrogens is 178 g/mol. The van der Waals surface area contributed by atoms with Crippen LogP contribution < -0.4 is 0 Å². The molecule has 4 heteroatoms. The fourth-order valence-corrected chi connectivity index (χ4v) is 1.29. The summed E-state index contributed by atoms with van der Waals surface area (Å²) in [6.45, 7) is 4.06. The Hall–Kier alpha value is -0.440. The van der Waals surface area contributed by atoms with Crippen molar-refractivity contribution in [3.63, 3.8) is 0 Å². The van der Waals surface area contributed by atoms with Gasteiger partial charge in [0.25, 0.3) is 0 Å². The van der Waals surface area contributed by atoms with Crippen molar-refractivity contribution in [2.75, 3.05) is 19.7 Å². The van der Waals surface area contributed by atoms with E-state index in [9.17, 15) is 4.79 Å². The van der Waals surface area contributed by atoms with Crippen LogP contribution in [0.1, 0.15) is 26.2 Å². The number of halogens is 1. The first-order chi connectivity index (χ1) is 5.34. The van der Waals surface area contributed by atoms with Crippen molar-refractivity contribution in [2.24, 2.45) is 0 Å². The van der Waals surface area contributed by atoms with Crippen LogP contribution in [0.5, 0.6) is 0 Å². The van der Waals surface area contributed by atoms with Gasteiger partial charge in [-0.05, 0) is 26.2 Å². The van der Waals surface area contributed by atoms with E-state index < -0.39 is 0 Å². The van der Waals surface area contributed by atoms with Crippen LogP contribution in [0.15, 0.2) is 0 Å². The van der Waals surface area contributed by atoms with Crippen molar-refractivity contribution in [3.05, 3.63) is 0 Å². The molecule has 1 aliphatic rings. The first-order valence-corrected chi connectivity index (χ1v) is 4.26. The number of ether oxygens (including phenoxy) is 1. The average molecular weight is 194 g/mol. The summed E-state index contributed by atoms with van der Waals surface area (Å²) < 4.78 is 4.87. The molecule has 0 aromatic carbocycles. The molecule has 72 valence electrons. The molecule has 0 aliphatic carbocycles. The van der Waals surface area contributed by atoms with Gasteiger partial charge < -0.3 is 9.64 Å². The van der Waals surface area contributed by atoms with E-state index in [1.165, 1.54) is 6.42 Å². The maximum atomic E-state index is 11.1. The zero-order chi connectivity index (χ0) is 8.10. The van der Waals surface area contributed by atoms with Crippen LogP contribution in [-0.2, 0) is 4.74 Å². The van der Waals surface area contributed by atoms with Gasteiger partial charge in [-0.2, -0.15) is 0 Å². The molecule has 0 unspecified atom stereocenters. The Labute approximate surface area is 79.5 Å². The van der Waals surface area contributed by atoms with E-state index in [2.05, 4.69) is 0 Å². The number of hydrogen-bond acceptors (Lipinski definition) is 2. The number of rotatable bonds is 1. The Balaban J connectivity index is 0.00000121. The largest absolute Gasteiger partial charge is 0.450 e. The summed E-state index contributed by atoms with van der Waals surface area (Å²) in [7, 11) is 0. The van der Waals surface area contributed by atoms with Crippen molar-refractivity contribution in [2.45, 2.75) is 26.2 Å². The minimum absolute atomic E-state index is 0. The molecule has 1 aliphatic heterocycles. The summed E-state index contributed by atoms with van der Waals surface area (Å²) >= 11 is 0. The lowest BCUT2D eigenvalue weighted by Gasteiger charge is -2.25. The van der Waals surface area contributed by atoms with Crippen molar-refractivity contribution in [1.29, 1.82) is 0 Å². The number of likely N-dealkylation sites (tertiary alicyclic amines) is 1. The number of carbonyl (C=O) groups is 1. The summed E-state index contributed by atoms with van der Waals surface area (Å²) in [5, 5.41) is 0. The van der Waals surface area contributed by atoms with E-state index in [0.717, 1.165) is 25.9 Å². The normalized spacial score (nSPS) is 16.6. The van der Waals surface area contributed by atoms with Crippen LogP contribution in [0.4, 0.5) is 4.79 Å². The van der Waals surface area contributed by atoms with E-state index in [4.69, 9.17) is 4.74 Å². The highest BCUT2D eigenvalue weighted by Crippen LogP contribution is 2.09. The van der Waals surface area contributed by atoms with Crippen molar-refractivity contribution in [3.8, 4) is 0 Å². The van der Waals surface area contributed by atoms with Gasteiger partial charge in [0, 0.05) is 13.1 Å². The van der Waals surface area contributed by atoms with Gasteiger partial charge in [-0.25, -0.2) is 4.79 Å². The molecular formula is C8H16ClNO2. The van der Waals surface area contributed by atoms with Crippen molar-refractivity contribution >= 4 is 18.5 Å². The maximum Gasteiger partial charge on any atom is 0.409 e. The number of piperidine rings is 1. The lowest BCUT2D eigenvalue weighted by atomic mass is 10.1. The van der Waals surface area contributed by atoms with Crippen LogP contribution >= 0.6 is 12.4 Å². The first kappa shape index (κ1) is 11.6. The maximum absolute atomic E-state index is 11.1. The second-order valence-corrected chi connectivity index (χ2v) is 2.75. The summed E-state index contributed by atoms with van der Waals surface area (Å²) in [5.74, 6) is 0. The Kier molecular flexibility index (Phi) is 5.89. The standard InChI is InChI=1S/C8H15NO2.ClH/c1-2-11-8(10)9-6-4-3-5-7-9;/h2-7H2,1H3;1H. The smallest absolute Gasteiger partial charge is 0.409 e. The molecule has 0 atom stereocenters. The number of nitrogens with zero attached hydrogens (tertiary/aromatic N) is 1. The third kappa shape index (κ3) is 3.30. The molecule has 1 fully saturated rings. The molecule has 0 radical (unpaired) electrons. The van der Waals surface area contributed by atoms with E-state index in [1.807, 2.05) is 6.92 Å². The SMILES string of the molecule is CCOC(=O)N1CCCCC1.Cl. The van der Waals surface area contributed by atoms with Gasteiger partial charge in [0.05, 0.1) is 6.61 Å². The van der Waals surface area contributed by atoms with Gasteiger partial charge in [0.15, 0.2) is 0 Å². The molecule has 0 N–H and O–H groups in total. The van der Waals surface area contributed by atoms with E-state index >= 15 is 0 Å². The zero-order valence-electron chi connectivity index (χ0n) is 7.41. The van der Waals surface area contributed by atoms with Crippen LogP contribution in [0.2, 0.25) is 0 Å². The van der Waals surface area contributed by atoms with Crippen LogP contribution in [0, 0.1) is 0 Å². The fourth-order valence-electron chi connectivity index (χ4n) is 1.29. The van der Waals surface area contributed by atoms with E-state index in [1.54, 1.807) is 4.90 Å². The zero-order valence-corrected chi connectivity index (χ0v) is 8.23. The number of amides is 1. The number of carbonyl (C=O) groups excluding carboxylic acids is 1. The summed E-state index contributed by atoms with van der Waals surface area (Å²) in [6, 6.07) is 0. The Morgan fingerprint density at radius 1 is 1.33 bits per heavy atom. The van der Waals surface area contributed by atoms with Crippen LogP contribution in [0.25, 0.3) is 0 Å². The van der Waals surface area contributed by atoms with Crippen LogP contribution in [0.3, 0.4) is 0 Å². The highest BCUT2D eigenvalue weighted by molar-refractivity contribution is 5.85. The topological polar surface area (TPSA) is 29.5 Å². The summed E-state index contributed by atoms with van der Waals surface area (Å²) in [6.07, 6.45) is 3.35. The molecule has 1 amide bonds. The molecule has 3 nitrogen and oxygen atoms in total. The fraction of sp³-hybridized carbons (Fsp3) is 0.875. The minimum atomic E-state index is -0.146. The highest BCUT2D eigenvalue weighted by Gasteiger charge is 2.16. The van der Waals surface area contributed by atoms with Crippen molar-refractivity contribution < 1.29 is 9.53 Å². The summed E-state index contributed by atoms with van der Waals surface area (Å²) in [4.78, 5) is 12.9. The Bertz CT molecular complexity index is 135. The van der Waals surface area contributed by atoms with E-state index in [0.29, 0.717) is 6.61 Å². The quantitative estimate of drug-likeness (QED) is 0.638. The van der Waals surface area contributed by atoms with Crippen LogP contribution in [-0.4, -0.2) is 30.7 Å². The Morgan fingerprint density at radius 2 is 1.92 bits per heavy atom. The van der Waals surface area contributed by atoms with Crippen molar-refractivity contribution in [1.82, 2.24) is 4.90 Å². The second-order valence-electron chi connectivity index (χ2n) is 2.75. The lowest BCUT2D eigenvalue weighted by Crippen LogP contribution is -2.35. The van der Waals surface area contributed by atoms with E-state index in [-0.39, 0.29) is 18.5 Å². The van der Waals surface area contributed by atoms with Gasteiger partial charge in [-0.15, -0.1) is 12.4 Å². The predicted octanol–water partition coefficient (Wildman–Crippen LogP) is 2.05. The predicted molar refractivity (Wildman–Crippen MR) is 49.7 cm³/mol. The van der Waals surface area contributed by atoms with Gasteiger partial charge >= 0.3 is 6.09 Å². The molecule has 12 heavy (non-hydrogen) atoms. The molecule has 1 rings (SSSR count). The highest BCUT2D eigenvalue weighted by atomic mass is 35.5. The summed E-state index contributed by atoms with van der Waals surface area (Å²) in [5.41, 5.74) is 0. The third-order valence-corrected chi connectivity index (χ3v) is 1.88. The number of hydrogen-bond donors (Lipinski definition) is 0. The molecule has 0 spiro atoms. The lowest BCUT2D eigenvalue weighted by molar-refractivity contribution is 0.0997. The van der Waals surface area contributed by atoms with Gasteiger partial charge in [-0.1, -0.05) is 0 Å². The average Bonchev–Trinajstić information content (AvgIpc) is 2.07. The Morgan fingerprint density at radius 3 is 2.42 bits per heavy atom. The third-order valence-electron chi connectivity index (χ3n) is 1.88. The van der Waals surface area contributed by atoms with Gasteiger partial charge in [-0.3, -0.25) is 0 Å². The molecule has 1 heterocycles. The molecule has 0 aromatic rings. The minimum Gasteiger partial charge on any atom is -0.450 e. The monoisotopic (exact) mass is 193 g/mol. The second kappa shape index (κ2) is 6.12. The molecule has 0 saturated carbocycles.